The minimum Gasteiger partial charge on any atom is -0.487 e. The van der Waals surface area contributed by atoms with Gasteiger partial charge in [0.25, 0.3) is 0 Å². The number of hydrogen-bond acceptors (Lipinski definition) is 4. The molecule has 0 bridgehead atoms. The zero-order valence-corrected chi connectivity index (χ0v) is 10.5. The zero-order chi connectivity index (χ0) is 14.1. The lowest BCUT2D eigenvalue weighted by Crippen LogP contribution is -2.23. The molecule has 0 aliphatic rings. The van der Waals surface area contributed by atoms with Crippen molar-refractivity contribution in [2.45, 2.75) is 12.8 Å². The van der Waals surface area contributed by atoms with Gasteiger partial charge in [-0.25, -0.2) is 0 Å². The molecule has 6 nitrogen and oxygen atoms in total. The Balaban J connectivity index is 2.35. The van der Waals surface area contributed by atoms with Gasteiger partial charge in [0.05, 0.1) is 11.5 Å². The first-order chi connectivity index (χ1) is 9.15. The highest BCUT2D eigenvalue weighted by molar-refractivity contribution is 5.75. The van der Waals surface area contributed by atoms with Crippen LogP contribution in [0.2, 0.25) is 0 Å². The highest BCUT2D eigenvalue weighted by atomic mass is 16.6. The topological polar surface area (TPSA) is 81.5 Å². The molecule has 1 aromatic rings. The van der Waals surface area contributed by atoms with Crippen LogP contribution in [0.25, 0.3) is 0 Å². The van der Waals surface area contributed by atoms with Crippen LogP contribution in [0.5, 0.6) is 5.75 Å². The summed E-state index contributed by atoms with van der Waals surface area (Å²) in [6, 6.07) is 6.16. The molecule has 0 fully saturated rings. The lowest BCUT2D eigenvalue weighted by atomic mass is 10.3. The predicted octanol–water partition coefficient (Wildman–Crippen LogP) is 2.06. The summed E-state index contributed by atoms with van der Waals surface area (Å²) >= 11 is 0. The van der Waals surface area contributed by atoms with E-state index in [0.29, 0.717) is 19.4 Å². The van der Waals surface area contributed by atoms with Crippen molar-refractivity contribution in [1.29, 1.82) is 0 Å². The summed E-state index contributed by atoms with van der Waals surface area (Å²) in [5.41, 5.74) is -0.0707. The molecule has 0 saturated heterocycles. The van der Waals surface area contributed by atoms with E-state index < -0.39 is 4.92 Å². The quantitative estimate of drug-likeness (QED) is 0.337. The summed E-state index contributed by atoms with van der Waals surface area (Å²) in [5.74, 6) is 0.130. The first-order valence-electron chi connectivity index (χ1n) is 5.89. The average Bonchev–Trinajstić information content (AvgIpc) is 2.41. The molecular weight excluding hydrogens is 248 g/mol. The Kier molecular flexibility index (Phi) is 6.08. The van der Waals surface area contributed by atoms with Gasteiger partial charge in [-0.3, -0.25) is 14.9 Å². The third-order valence-electron chi connectivity index (χ3n) is 2.31. The molecule has 0 saturated carbocycles. The highest BCUT2D eigenvalue weighted by Crippen LogP contribution is 2.25. The maximum Gasteiger partial charge on any atom is 0.310 e. The fraction of sp³-hybridized carbons (Fsp3) is 0.308. The van der Waals surface area contributed by atoms with Gasteiger partial charge in [-0.1, -0.05) is 18.2 Å². The van der Waals surface area contributed by atoms with E-state index in [4.69, 9.17) is 4.74 Å². The minimum absolute atomic E-state index is 0.0707. The molecule has 19 heavy (non-hydrogen) atoms. The lowest BCUT2D eigenvalue weighted by molar-refractivity contribution is -0.385. The minimum atomic E-state index is -0.494. The number of benzene rings is 1. The molecule has 0 spiro atoms. The predicted molar refractivity (Wildman–Crippen MR) is 71.0 cm³/mol. The molecule has 0 aliphatic heterocycles. The van der Waals surface area contributed by atoms with Crippen LogP contribution >= 0.6 is 0 Å². The maximum absolute atomic E-state index is 11.3. The summed E-state index contributed by atoms with van der Waals surface area (Å²) in [5, 5.41) is 13.4. The molecule has 1 rings (SSSR count). The van der Waals surface area contributed by atoms with Crippen molar-refractivity contribution in [2.24, 2.45) is 0 Å². The van der Waals surface area contributed by atoms with Crippen LogP contribution in [0.3, 0.4) is 0 Å². The van der Waals surface area contributed by atoms with E-state index in [1.54, 1.807) is 18.2 Å². The number of carbonyl (C=O) groups excluding carboxylic acids is 1. The van der Waals surface area contributed by atoms with Gasteiger partial charge >= 0.3 is 5.69 Å². The van der Waals surface area contributed by atoms with E-state index in [9.17, 15) is 14.9 Å². The number of para-hydroxylation sites is 2. The maximum atomic E-state index is 11.3. The van der Waals surface area contributed by atoms with Crippen molar-refractivity contribution in [3.63, 3.8) is 0 Å². The Bertz CT molecular complexity index is 460. The standard InChI is InChI=1S/C13H16N2O4/c1-2-9-14-13(16)8-5-10-19-12-7-4-3-6-11(12)15(17)18/h2-4,6-7H,1,5,8-10H2,(H,14,16). The number of hydrogen-bond donors (Lipinski definition) is 1. The van der Waals surface area contributed by atoms with E-state index in [0.717, 1.165) is 0 Å². The summed E-state index contributed by atoms with van der Waals surface area (Å²) < 4.78 is 5.31. The van der Waals surface area contributed by atoms with E-state index in [1.165, 1.54) is 12.1 Å². The van der Waals surface area contributed by atoms with Crippen LogP contribution in [0, 0.1) is 10.1 Å². The Hall–Kier alpha value is -2.37. The summed E-state index contributed by atoms with van der Waals surface area (Å²) in [7, 11) is 0. The van der Waals surface area contributed by atoms with Gasteiger partial charge in [0.2, 0.25) is 5.91 Å². The normalized spacial score (nSPS) is 9.68. The smallest absolute Gasteiger partial charge is 0.310 e. The van der Waals surface area contributed by atoms with Crippen LogP contribution in [0.4, 0.5) is 5.69 Å². The molecule has 6 heteroatoms. The molecule has 0 aromatic heterocycles. The highest BCUT2D eigenvalue weighted by Gasteiger charge is 2.13. The molecule has 0 heterocycles. The monoisotopic (exact) mass is 264 g/mol. The number of nitro benzene ring substituents is 1. The molecule has 0 atom stereocenters. The molecule has 1 amide bonds. The molecule has 0 aliphatic carbocycles. The van der Waals surface area contributed by atoms with Crippen molar-refractivity contribution >= 4 is 11.6 Å². The van der Waals surface area contributed by atoms with Crippen LogP contribution in [-0.4, -0.2) is 24.0 Å². The van der Waals surface area contributed by atoms with Gasteiger partial charge in [0.15, 0.2) is 5.75 Å². The fourth-order valence-corrected chi connectivity index (χ4v) is 1.42. The van der Waals surface area contributed by atoms with E-state index >= 15 is 0 Å². The van der Waals surface area contributed by atoms with Gasteiger partial charge < -0.3 is 10.1 Å². The second-order valence-electron chi connectivity index (χ2n) is 3.77. The SMILES string of the molecule is C=CCNC(=O)CCCOc1ccccc1[N+](=O)[O-]. The van der Waals surface area contributed by atoms with E-state index in [-0.39, 0.29) is 24.0 Å². The Morgan fingerprint density at radius 3 is 2.89 bits per heavy atom. The number of ether oxygens (including phenoxy) is 1. The van der Waals surface area contributed by atoms with E-state index in [2.05, 4.69) is 11.9 Å². The second-order valence-corrected chi connectivity index (χ2v) is 3.77. The van der Waals surface area contributed by atoms with Gasteiger partial charge in [-0.05, 0) is 12.5 Å². The Morgan fingerprint density at radius 2 is 2.21 bits per heavy atom. The van der Waals surface area contributed by atoms with Gasteiger partial charge in [-0.15, -0.1) is 6.58 Å². The molecule has 1 N–H and O–H groups in total. The average molecular weight is 264 g/mol. The number of nitro groups is 1. The number of carbonyl (C=O) groups is 1. The first kappa shape index (κ1) is 14.7. The van der Waals surface area contributed by atoms with Crippen LogP contribution in [0.1, 0.15) is 12.8 Å². The van der Waals surface area contributed by atoms with Crippen molar-refractivity contribution in [3.8, 4) is 5.75 Å². The fourth-order valence-electron chi connectivity index (χ4n) is 1.42. The number of rotatable bonds is 8. The number of amides is 1. The Labute approximate surface area is 111 Å². The van der Waals surface area contributed by atoms with E-state index in [1.807, 2.05) is 0 Å². The Morgan fingerprint density at radius 1 is 1.47 bits per heavy atom. The molecule has 0 unspecified atom stereocenters. The van der Waals surface area contributed by atoms with Gasteiger partial charge in [0.1, 0.15) is 0 Å². The third kappa shape index (κ3) is 5.20. The molecule has 102 valence electrons. The van der Waals surface area contributed by atoms with Crippen LogP contribution in [-0.2, 0) is 4.79 Å². The first-order valence-corrected chi connectivity index (χ1v) is 5.89. The van der Waals surface area contributed by atoms with Crippen LogP contribution in [0.15, 0.2) is 36.9 Å². The summed E-state index contributed by atoms with van der Waals surface area (Å²) in [6.45, 7) is 4.18. The second kappa shape index (κ2) is 7.86. The lowest BCUT2D eigenvalue weighted by Gasteiger charge is -2.06. The van der Waals surface area contributed by atoms with Crippen molar-refractivity contribution in [2.75, 3.05) is 13.2 Å². The molecule has 0 radical (unpaired) electrons. The third-order valence-corrected chi connectivity index (χ3v) is 2.31. The number of nitrogens with zero attached hydrogens (tertiary/aromatic N) is 1. The van der Waals surface area contributed by atoms with Crippen molar-refractivity contribution < 1.29 is 14.5 Å². The zero-order valence-electron chi connectivity index (χ0n) is 10.5. The van der Waals surface area contributed by atoms with Crippen LogP contribution < -0.4 is 10.1 Å². The summed E-state index contributed by atoms with van der Waals surface area (Å²) in [4.78, 5) is 21.5. The number of nitrogens with one attached hydrogen (secondary N) is 1. The molecular formula is C13H16N2O4. The van der Waals surface area contributed by atoms with Gasteiger partial charge in [-0.2, -0.15) is 0 Å². The summed E-state index contributed by atoms with van der Waals surface area (Å²) in [6.07, 6.45) is 2.41. The largest absolute Gasteiger partial charge is 0.487 e. The van der Waals surface area contributed by atoms with Crippen molar-refractivity contribution in [3.05, 3.63) is 47.0 Å². The molecule has 1 aromatic carbocycles. The van der Waals surface area contributed by atoms with Crippen molar-refractivity contribution in [1.82, 2.24) is 5.32 Å². The van der Waals surface area contributed by atoms with Gasteiger partial charge in [0, 0.05) is 19.0 Å².